The van der Waals surface area contributed by atoms with Gasteiger partial charge in [-0.25, -0.2) is 4.79 Å². The number of nitrogens with zero attached hydrogens (tertiary/aromatic N) is 2. The summed E-state index contributed by atoms with van der Waals surface area (Å²) in [7, 11) is 3.87. The number of hydrogen-bond acceptors (Lipinski definition) is 6. The molecule has 2 rings (SSSR count). The predicted molar refractivity (Wildman–Crippen MR) is 120 cm³/mol. The molecule has 0 unspecified atom stereocenters. The normalized spacial score (nSPS) is 11.0. The zero-order chi connectivity index (χ0) is 22.5. The van der Waals surface area contributed by atoms with Crippen LogP contribution in [0.2, 0.25) is 0 Å². The van der Waals surface area contributed by atoms with Gasteiger partial charge in [0.2, 0.25) is 5.91 Å². The number of carbonyl (C=O) groups excluding carboxylic acids is 1. The van der Waals surface area contributed by atoms with E-state index in [1.165, 1.54) is 0 Å². The molecule has 0 aromatic heterocycles. The Labute approximate surface area is 183 Å². The first-order valence-electron chi connectivity index (χ1n) is 10.2. The van der Waals surface area contributed by atoms with E-state index in [9.17, 15) is 9.59 Å². The molecule has 0 spiro atoms. The molecule has 0 bridgehead atoms. The number of nitrogens with one attached hydrogen (secondary N) is 1. The Morgan fingerprint density at radius 2 is 1.55 bits per heavy atom. The average molecular weight is 430 g/mol. The fourth-order valence-corrected chi connectivity index (χ4v) is 2.86. The summed E-state index contributed by atoms with van der Waals surface area (Å²) in [4.78, 5) is 26.7. The number of ether oxygens (including phenoxy) is 2. The number of rotatable bonds is 14. The summed E-state index contributed by atoms with van der Waals surface area (Å²) in [5, 5.41) is 11.4. The van der Waals surface area contributed by atoms with E-state index in [1.807, 2.05) is 73.6 Å². The molecular formula is C23H31N3O5. The third-order valence-electron chi connectivity index (χ3n) is 4.45. The fourth-order valence-electron chi connectivity index (χ4n) is 2.86. The number of likely N-dealkylation sites (N-methyl/N-ethyl adjacent to an activating group) is 2. The summed E-state index contributed by atoms with van der Waals surface area (Å²) in [6.07, 6.45) is 0.894. The van der Waals surface area contributed by atoms with Crippen molar-refractivity contribution in [2.75, 3.05) is 58.8 Å². The van der Waals surface area contributed by atoms with E-state index in [0.717, 1.165) is 30.9 Å². The third-order valence-corrected chi connectivity index (χ3v) is 4.45. The molecule has 1 amide bonds. The molecule has 8 nitrogen and oxygen atoms in total. The zero-order valence-corrected chi connectivity index (χ0v) is 18.1. The minimum Gasteiger partial charge on any atom is -0.480 e. The highest BCUT2D eigenvalue weighted by Crippen LogP contribution is 2.22. The largest absolute Gasteiger partial charge is 0.480 e. The maximum absolute atomic E-state index is 12.3. The number of anilines is 1. The second-order valence-electron chi connectivity index (χ2n) is 7.33. The summed E-state index contributed by atoms with van der Waals surface area (Å²) in [6, 6.07) is 16.8. The van der Waals surface area contributed by atoms with Crippen molar-refractivity contribution in [3.05, 3.63) is 54.6 Å². The van der Waals surface area contributed by atoms with Crippen molar-refractivity contribution in [1.82, 2.24) is 9.80 Å². The maximum Gasteiger partial charge on any atom is 0.329 e. The lowest BCUT2D eigenvalue weighted by atomic mass is 10.3. The van der Waals surface area contributed by atoms with Gasteiger partial charge in [-0.3, -0.25) is 9.69 Å². The van der Waals surface area contributed by atoms with Crippen molar-refractivity contribution >= 4 is 17.6 Å². The Hall–Kier alpha value is -2.94. The molecule has 0 aliphatic heterocycles. The summed E-state index contributed by atoms with van der Waals surface area (Å²) < 4.78 is 10.8. The molecule has 2 aromatic rings. The van der Waals surface area contributed by atoms with Gasteiger partial charge in [0, 0.05) is 12.2 Å². The molecule has 2 N–H and O–H groups in total. The smallest absolute Gasteiger partial charge is 0.329 e. The van der Waals surface area contributed by atoms with E-state index in [0.29, 0.717) is 25.4 Å². The van der Waals surface area contributed by atoms with Gasteiger partial charge in [0.1, 0.15) is 18.1 Å². The molecule has 0 heterocycles. The van der Waals surface area contributed by atoms with E-state index in [2.05, 4.69) is 10.2 Å². The minimum absolute atomic E-state index is 0.0744. The average Bonchev–Trinajstić information content (AvgIpc) is 2.73. The number of para-hydroxylation sites is 1. The van der Waals surface area contributed by atoms with Crippen LogP contribution >= 0.6 is 0 Å². The summed E-state index contributed by atoms with van der Waals surface area (Å²) in [6.45, 7) is 2.70. The van der Waals surface area contributed by atoms with E-state index in [4.69, 9.17) is 14.6 Å². The second kappa shape index (κ2) is 13.4. The predicted octanol–water partition coefficient (Wildman–Crippen LogP) is 2.77. The molecule has 0 atom stereocenters. The van der Waals surface area contributed by atoms with Crippen LogP contribution in [0.25, 0.3) is 0 Å². The Bertz CT molecular complexity index is 799. The minimum atomic E-state index is -0.959. The van der Waals surface area contributed by atoms with E-state index >= 15 is 0 Å². The van der Waals surface area contributed by atoms with Gasteiger partial charge in [-0.1, -0.05) is 18.2 Å². The number of amides is 1. The van der Waals surface area contributed by atoms with Crippen molar-refractivity contribution in [3.63, 3.8) is 0 Å². The van der Waals surface area contributed by atoms with Gasteiger partial charge in [0.15, 0.2) is 0 Å². The molecule has 8 heteroatoms. The highest BCUT2D eigenvalue weighted by atomic mass is 16.5. The fraction of sp³-hybridized carbons (Fsp3) is 0.391. The lowest BCUT2D eigenvalue weighted by Gasteiger charge is -2.20. The molecule has 0 aliphatic carbocycles. The van der Waals surface area contributed by atoms with Crippen molar-refractivity contribution in [1.29, 1.82) is 0 Å². The Balaban J connectivity index is 1.62. The van der Waals surface area contributed by atoms with Crippen LogP contribution in [0.1, 0.15) is 6.42 Å². The third kappa shape index (κ3) is 10.6. The van der Waals surface area contributed by atoms with Crippen LogP contribution in [-0.2, 0) is 14.3 Å². The zero-order valence-electron chi connectivity index (χ0n) is 18.1. The van der Waals surface area contributed by atoms with Crippen molar-refractivity contribution in [3.8, 4) is 11.5 Å². The van der Waals surface area contributed by atoms with E-state index < -0.39 is 5.97 Å². The molecular weight excluding hydrogens is 398 g/mol. The van der Waals surface area contributed by atoms with Crippen LogP contribution in [0, 0.1) is 0 Å². The quantitative estimate of drug-likeness (QED) is 0.446. The first-order valence-corrected chi connectivity index (χ1v) is 10.2. The van der Waals surface area contributed by atoms with Gasteiger partial charge >= 0.3 is 5.97 Å². The standard InChI is InChI=1S/C23H31N3O5/c1-25(15-16-30-18-23(28)29)13-6-14-26(2)17-22(27)24-19-9-11-21(12-10-19)31-20-7-4-3-5-8-20/h3-5,7-12H,6,13-18H2,1-2H3,(H,24,27)(H,28,29). The van der Waals surface area contributed by atoms with Gasteiger partial charge in [-0.2, -0.15) is 0 Å². The number of aliphatic carboxylic acids is 1. The monoisotopic (exact) mass is 429 g/mol. The Morgan fingerprint density at radius 3 is 2.23 bits per heavy atom. The van der Waals surface area contributed by atoms with Crippen LogP contribution < -0.4 is 10.1 Å². The van der Waals surface area contributed by atoms with Crippen LogP contribution in [0.15, 0.2) is 54.6 Å². The van der Waals surface area contributed by atoms with Crippen molar-refractivity contribution < 1.29 is 24.2 Å². The van der Waals surface area contributed by atoms with Crippen LogP contribution in [0.5, 0.6) is 11.5 Å². The molecule has 0 aliphatic rings. The second-order valence-corrected chi connectivity index (χ2v) is 7.33. The van der Waals surface area contributed by atoms with Crippen LogP contribution in [0.4, 0.5) is 5.69 Å². The topological polar surface area (TPSA) is 91.3 Å². The molecule has 0 radical (unpaired) electrons. The van der Waals surface area contributed by atoms with E-state index in [-0.39, 0.29) is 12.5 Å². The molecule has 168 valence electrons. The number of carbonyl (C=O) groups is 2. The highest BCUT2D eigenvalue weighted by Gasteiger charge is 2.08. The Morgan fingerprint density at radius 1 is 0.903 bits per heavy atom. The van der Waals surface area contributed by atoms with Gasteiger partial charge in [-0.05, 0) is 70.0 Å². The van der Waals surface area contributed by atoms with Gasteiger partial charge in [0.05, 0.1) is 13.2 Å². The van der Waals surface area contributed by atoms with Crippen LogP contribution in [0.3, 0.4) is 0 Å². The Kier molecular flexibility index (Phi) is 10.5. The van der Waals surface area contributed by atoms with Crippen LogP contribution in [-0.4, -0.2) is 80.3 Å². The highest BCUT2D eigenvalue weighted by molar-refractivity contribution is 5.92. The molecule has 0 fully saturated rings. The number of hydrogen-bond donors (Lipinski definition) is 2. The van der Waals surface area contributed by atoms with E-state index in [1.54, 1.807) is 0 Å². The van der Waals surface area contributed by atoms with Crippen molar-refractivity contribution in [2.45, 2.75) is 6.42 Å². The number of benzene rings is 2. The SMILES string of the molecule is CN(CCCN(C)CC(=O)Nc1ccc(Oc2ccccc2)cc1)CCOCC(=O)O. The maximum atomic E-state index is 12.3. The summed E-state index contributed by atoms with van der Waals surface area (Å²) in [5.74, 6) is 0.437. The molecule has 0 saturated carbocycles. The first kappa shape index (κ1) is 24.3. The lowest BCUT2D eigenvalue weighted by molar-refractivity contribution is -0.142. The van der Waals surface area contributed by atoms with Gasteiger partial charge < -0.3 is 24.8 Å². The van der Waals surface area contributed by atoms with Crippen molar-refractivity contribution in [2.24, 2.45) is 0 Å². The first-order chi connectivity index (χ1) is 14.9. The molecule has 31 heavy (non-hydrogen) atoms. The summed E-state index contributed by atoms with van der Waals surface area (Å²) >= 11 is 0. The molecule has 0 saturated heterocycles. The van der Waals surface area contributed by atoms with Gasteiger partial charge in [-0.15, -0.1) is 0 Å². The number of carboxylic acid groups (broad SMARTS) is 1. The lowest BCUT2D eigenvalue weighted by Crippen LogP contribution is -2.33. The molecule has 2 aromatic carbocycles. The number of carboxylic acids is 1. The summed E-state index contributed by atoms with van der Waals surface area (Å²) in [5.41, 5.74) is 0.722. The van der Waals surface area contributed by atoms with Gasteiger partial charge in [0.25, 0.3) is 0 Å².